The molecule has 0 N–H and O–H groups in total. The number of ether oxygens (including phenoxy) is 3. The van der Waals surface area contributed by atoms with E-state index in [1.165, 1.54) is 5.57 Å². The first-order chi connectivity index (χ1) is 20.2. The van der Waals surface area contributed by atoms with Crippen molar-refractivity contribution in [1.82, 2.24) is 0 Å². The van der Waals surface area contributed by atoms with E-state index in [4.69, 9.17) is 23.1 Å². The third-order valence-corrected chi connectivity index (χ3v) is 22.5. The predicted octanol–water partition coefficient (Wildman–Crippen LogP) is 7.86. The fourth-order valence-corrected chi connectivity index (χ4v) is 17.7. The van der Waals surface area contributed by atoms with Gasteiger partial charge < -0.3 is 30.0 Å². The largest absolute Gasteiger partial charge is 1.00 e. The van der Waals surface area contributed by atoms with Gasteiger partial charge in [-0.1, -0.05) is 80.9 Å². The zero-order valence-electron chi connectivity index (χ0n) is 30.9. The molecule has 0 radical (unpaired) electrons. The standard InChI is InChI=1S/C36H69O5Si2.Li/c1-13-18-31(11)27-33-20-23-34(12,41-42(14-2,15-3)16-4)36(39-33)25-24-35(40-36)22-17-19-32(38-35)21-26-37-43(28(5)6,29(7)8)30(9)10;/h28-30,32-33H,1,11,13-27H2,2-10,12H3;/q-1;+1/t32-,33+,34-,35-,36-;/m1./s1. The van der Waals surface area contributed by atoms with Gasteiger partial charge in [0, 0.05) is 25.9 Å². The summed E-state index contributed by atoms with van der Waals surface area (Å²) >= 11 is 0. The molecule has 3 aliphatic heterocycles. The van der Waals surface area contributed by atoms with Crippen LogP contribution in [0.15, 0.2) is 12.2 Å². The molecule has 2 spiro atoms. The minimum atomic E-state index is -1.91. The van der Waals surface area contributed by atoms with Crippen molar-refractivity contribution in [2.24, 2.45) is 0 Å². The molecule has 5 nitrogen and oxygen atoms in total. The molecule has 0 aliphatic carbocycles. The summed E-state index contributed by atoms with van der Waals surface area (Å²) in [4.78, 5) is 0. The summed E-state index contributed by atoms with van der Waals surface area (Å²) in [6, 6.07) is 3.35. The molecule has 0 saturated carbocycles. The average Bonchev–Trinajstić information content (AvgIpc) is 3.29. The Morgan fingerprint density at radius 2 is 1.50 bits per heavy atom. The maximum absolute atomic E-state index is 7.37. The van der Waals surface area contributed by atoms with Crippen molar-refractivity contribution in [3.63, 3.8) is 0 Å². The number of hydrogen-bond acceptors (Lipinski definition) is 5. The van der Waals surface area contributed by atoms with E-state index in [1.807, 2.05) is 0 Å². The van der Waals surface area contributed by atoms with E-state index in [9.17, 15) is 0 Å². The normalized spacial score (nSPS) is 31.4. The van der Waals surface area contributed by atoms with Crippen LogP contribution in [0.4, 0.5) is 0 Å². The van der Waals surface area contributed by atoms with Gasteiger partial charge in [-0.25, -0.2) is 0 Å². The minimum absolute atomic E-state index is 0. The van der Waals surface area contributed by atoms with E-state index in [0.717, 1.165) is 95.4 Å². The Hall–Kier alpha value is 0.571. The van der Waals surface area contributed by atoms with Crippen LogP contribution in [-0.4, -0.2) is 52.6 Å². The third kappa shape index (κ3) is 8.59. The summed E-state index contributed by atoms with van der Waals surface area (Å²) in [5.74, 6) is -1.39. The maximum Gasteiger partial charge on any atom is 1.00 e. The second-order valence-electron chi connectivity index (χ2n) is 15.3. The molecular formula is C36H69LiO5Si2. The van der Waals surface area contributed by atoms with E-state index in [2.05, 4.69) is 82.7 Å². The first-order valence-electron chi connectivity index (χ1n) is 18.1. The first-order valence-corrected chi connectivity index (χ1v) is 22.7. The molecule has 44 heavy (non-hydrogen) atoms. The monoisotopic (exact) mass is 644 g/mol. The molecule has 3 fully saturated rings. The summed E-state index contributed by atoms with van der Waals surface area (Å²) in [7, 11) is -3.81. The van der Waals surface area contributed by atoms with Crippen LogP contribution >= 0.6 is 0 Å². The van der Waals surface area contributed by atoms with Crippen LogP contribution in [0.5, 0.6) is 0 Å². The van der Waals surface area contributed by atoms with Crippen molar-refractivity contribution < 1.29 is 41.9 Å². The van der Waals surface area contributed by atoms with Crippen molar-refractivity contribution in [2.75, 3.05) is 6.61 Å². The number of hydrogen-bond donors (Lipinski definition) is 0. The molecular weight excluding hydrogens is 576 g/mol. The smallest absolute Gasteiger partial charge is 0.416 e. The Bertz CT molecular complexity index is 866. The fraction of sp³-hybridized carbons (Fsp3) is 0.917. The molecule has 5 atom stereocenters. The van der Waals surface area contributed by atoms with Crippen LogP contribution in [0, 0.1) is 6.92 Å². The van der Waals surface area contributed by atoms with Crippen LogP contribution in [0.2, 0.25) is 34.8 Å². The Balaban J connectivity index is 0.00000675. The van der Waals surface area contributed by atoms with Gasteiger partial charge in [-0.2, -0.15) is 6.42 Å². The zero-order chi connectivity index (χ0) is 32.1. The van der Waals surface area contributed by atoms with Crippen LogP contribution in [0.25, 0.3) is 0 Å². The van der Waals surface area contributed by atoms with Crippen LogP contribution in [0.1, 0.15) is 140 Å². The molecule has 0 bridgehead atoms. The van der Waals surface area contributed by atoms with Gasteiger partial charge in [0.05, 0.1) is 12.2 Å². The van der Waals surface area contributed by atoms with Crippen molar-refractivity contribution in [1.29, 1.82) is 0 Å². The van der Waals surface area contributed by atoms with Crippen molar-refractivity contribution in [2.45, 2.75) is 204 Å². The van der Waals surface area contributed by atoms with Gasteiger partial charge in [0.25, 0.3) is 0 Å². The Labute approximate surface area is 287 Å². The van der Waals surface area contributed by atoms with E-state index < -0.39 is 33.8 Å². The van der Waals surface area contributed by atoms with Gasteiger partial charge in [0.15, 0.2) is 28.2 Å². The third-order valence-electron chi connectivity index (χ3n) is 11.7. The molecule has 0 aromatic rings. The van der Waals surface area contributed by atoms with Crippen molar-refractivity contribution in [3.05, 3.63) is 19.1 Å². The van der Waals surface area contributed by atoms with Crippen LogP contribution in [0.3, 0.4) is 0 Å². The van der Waals surface area contributed by atoms with Crippen LogP contribution < -0.4 is 18.9 Å². The first kappa shape index (κ1) is 40.7. The Morgan fingerprint density at radius 3 is 2.05 bits per heavy atom. The summed E-state index contributed by atoms with van der Waals surface area (Å²) in [6.07, 6.45) is 10.6. The summed E-state index contributed by atoms with van der Waals surface area (Å²) in [5.41, 5.74) is 2.52. The van der Waals surface area contributed by atoms with E-state index in [0.29, 0.717) is 16.6 Å². The predicted molar refractivity (Wildman–Crippen MR) is 185 cm³/mol. The molecule has 3 aliphatic rings. The maximum atomic E-state index is 7.37. The SMILES string of the molecule is C=C(CC[CH2-])C[C@@H]1CC[C@@](C)(O[Si](CC)(CC)CC)[C@]2(CC[C@@]3(CCC[C@H](CCO[Si](C(C)C)(C(C)C)C(C)C)O3)O2)O1.[Li+]. The molecule has 3 heterocycles. The summed E-state index contributed by atoms with van der Waals surface area (Å²) < 4.78 is 35.7. The Kier molecular flexibility index (Phi) is 15.6. The van der Waals surface area contributed by atoms with Gasteiger partial charge in [-0.05, 0) is 80.2 Å². The van der Waals surface area contributed by atoms with Crippen LogP contribution in [-0.2, 0) is 23.1 Å². The molecule has 0 aromatic heterocycles. The minimum Gasteiger partial charge on any atom is -0.416 e. The molecule has 8 heteroatoms. The summed E-state index contributed by atoms with van der Waals surface area (Å²) in [5, 5.41) is 0. The molecule has 252 valence electrons. The Morgan fingerprint density at radius 1 is 0.886 bits per heavy atom. The second-order valence-corrected chi connectivity index (χ2v) is 25.4. The second kappa shape index (κ2) is 16.8. The van der Waals surface area contributed by atoms with Crippen molar-refractivity contribution >= 4 is 16.6 Å². The van der Waals surface area contributed by atoms with Gasteiger partial charge in [0.1, 0.15) is 5.60 Å². The van der Waals surface area contributed by atoms with Crippen molar-refractivity contribution in [3.8, 4) is 0 Å². The van der Waals surface area contributed by atoms with E-state index in [-0.39, 0.29) is 31.1 Å². The quantitative estimate of drug-likeness (QED) is 0.0973. The van der Waals surface area contributed by atoms with Gasteiger partial charge in [-0.3, -0.25) is 0 Å². The zero-order valence-corrected chi connectivity index (χ0v) is 32.9. The van der Waals surface area contributed by atoms with Gasteiger partial charge in [0.2, 0.25) is 0 Å². The number of rotatable bonds is 16. The van der Waals surface area contributed by atoms with Gasteiger partial charge >= 0.3 is 18.9 Å². The molecule has 3 rings (SSSR count). The average molecular weight is 645 g/mol. The van der Waals surface area contributed by atoms with E-state index >= 15 is 0 Å². The fourth-order valence-electron chi connectivity index (χ4n) is 9.03. The summed E-state index contributed by atoms with van der Waals surface area (Å²) in [6.45, 7) is 32.6. The molecule has 0 amide bonds. The van der Waals surface area contributed by atoms with E-state index in [1.54, 1.807) is 0 Å². The van der Waals surface area contributed by atoms with Gasteiger partial charge in [-0.15, -0.1) is 0 Å². The molecule has 3 saturated heterocycles. The molecule has 0 unspecified atom stereocenters. The topological polar surface area (TPSA) is 46.2 Å². The molecule has 0 aromatic carbocycles.